The minimum absolute atomic E-state index is 0.168. The van der Waals surface area contributed by atoms with Gasteiger partial charge in [-0.05, 0) is 23.3 Å². The van der Waals surface area contributed by atoms with Gasteiger partial charge in [0.1, 0.15) is 0 Å². The lowest BCUT2D eigenvalue weighted by molar-refractivity contribution is 0.0735. The van der Waals surface area contributed by atoms with Crippen molar-refractivity contribution >= 4 is 579 Å². The molecule has 0 unspecified atom stereocenters. The molecule has 0 atom stereocenters. The Kier molecular flexibility index (Phi) is 46.0. The van der Waals surface area contributed by atoms with E-state index in [2.05, 4.69) is 16.7 Å². The number of piperazine rings is 1. The van der Waals surface area contributed by atoms with Crippen LogP contribution < -0.4 is 10.6 Å². The lowest BCUT2D eigenvalue weighted by Gasteiger charge is -2.61. The Morgan fingerprint density at radius 2 is 0.480 bits per heavy atom. The van der Waals surface area contributed by atoms with E-state index in [9.17, 15) is 4.79 Å². The largest absolute Gasteiger partial charge is 0.336 e. The van der Waals surface area contributed by atoms with Crippen LogP contribution in [-0.4, -0.2) is 610 Å². The first-order valence-corrected chi connectivity index (χ1v) is 32.8. The van der Waals surface area contributed by atoms with Crippen LogP contribution in [0.25, 0.3) is 0 Å². The number of nitrogens with zero attached hydrogens (tertiary/aromatic N) is 1. The van der Waals surface area contributed by atoms with E-state index in [0.29, 0.717) is 0 Å². The van der Waals surface area contributed by atoms with Gasteiger partial charge in [0.15, 0.2) is 0 Å². The van der Waals surface area contributed by atoms with Crippen LogP contribution in [0, 0.1) is 0 Å². The summed E-state index contributed by atoms with van der Waals surface area (Å²) in [5.74, 6) is 0.168. The van der Waals surface area contributed by atoms with E-state index >= 15 is 0 Å². The van der Waals surface area contributed by atoms with Crippen molar-refractivity contribution in [1.29, 1.82) is 0 Å². The fourth-order valence-electron chi connectivity index (χ4n) is 16.8. The fraction of sp³-hybridized carbons (Fsp3) is 0.462. The zero-order chi connectivity index (χ0) is 75.9. The van der Waals surface area contributed by atoms with Crippen molar-refractivity contribution in [2.75, 3.05) is 26.2 Å². The van der Waals surface area contributed by atoms with Crippen LogP contribution in [0.5, 0.6) is 0 Å². The third kappa shape index (κ3) is 26.2. The van der Waals surface area contributed by atoms with E-state index in [1.165, 1.54) is 11.1 Å². The molecule has 4 nitrogen and oxygen atoms in total. The number of fused-ring (bicyclic) bond motifs is 1. The molecule has 333 valence electrons. The summed E-state index contributed by atoms with van der Waals surface area (Å²) in [6, 6.07) is 6.07. The van der Waals surface area contributed by atoms with Crippen LogP contribution in [-0.2, 0) is 13.1 Å². The first-order chi connectivity index (χ1) is 45.2. The van der Waals surface area contributed by atoms with Crippen LogP contribution >= 0.6 is 0 Å². The molecule has 0 saturated carbocycles. The molecule has 0 aromatic heterocycles. The molecular formula is C13H17B81N3O. The van der Waals surface area contributed by atoms with E-state index in [0.717, 1.165) is 51.9 Å². The van der Waals surface area contributed by atoms with Gasteiger partial charge in [0.05, 0.1) is 0 Å². The first kappa shape index (κ1) is 97.9. The molecule has 1 fully saturated rings. The maximum absolute atomic E-state index is 12.3. The molecule has 83 radical (unpaired) electrons. The molecule has 98 heavy (non-hydrogen) atoms. The van der Waals surface area contributed by atoms with Gasteiger partial charge in [0.25, 0.3) is 5.91 Å². The Balaban J connectivity index is 0.00000163. The van der Waals surface area contributed by atoms with Crippen molar-refractivity contribution in [2.45, 2.75) is 13.1 Å². The number of amides is 1. The minimum atomic E-state index is -1.93. The lowest BCUT2D eigenvalue weighted by atomic mass is 8.20. The quantitative estimate of drug-likeness (QED) is 0.0644. The molecule has 85 heteroatoms. The van der Waals surface area contributed by atoms with Crippen LogP contribution in [0.15, 0.2) is 18.2 Å². The molecule has 2 N–H and O–H groups in total. The number of hydrogen-bond donors (Lipinski definition) is 2. The highest BCUT2D eigenvalue weighted by Crippen LogP contribution is 2.28. The van der Waals surface area contributed by atoms with Crippen molar-refractivity contribution in [3.63, 3.8) is 0 Å². The zero-order valence-corrected chi connectivity index (χ0v) is 56.6. The van der Waals surface area contributed by atoms with Gasteiger partial charge in [0.2, 0.25) is 0 Å². The van der Waals surface area contributed by atoms with Crippen molar-refractivity contribution in [1.82, 2.24) is 15.5 Å². The van der Waals surface area contributed by atoms with Gasteiger partial charge in [-0.3, -0.25) is 4.79 Å². The van der Waals surface area contributed by atoms with Gasteiger partial charge in [-0.15, -0.1) is 0 Å². The highest BCUT2D eigenvalue weighted by atomic mass is 16.2. The van der Waals surface area contributed by atoms with Crippen molar-refractivity contribution in [3.05, 3.63) is 34.9 Å². The summed E-state index contributed by atoms with van der Waals surface area (Å²) in [5.41, 5.74) is 3.42. The Bertz CT molecular complexity index is 2020. The SMILES string of the molecule is O=C(c1ccc2c(c1)CNC2)N1CCNCC1.[B][B]B(B([B])[B])B(B([B])[B])B(B(B([B])[B])B([B])[B])B(B(B(B(B([B])[B])B([B])[B])B(B([B])[B])B([B])[B])B(B(B([B])[B])B([B])[B])B(B([B])[B])B([B])[B])B(B(B(B([B])[B])B([B])[B])B(B([B])[B])B([B])[B])B(B(B([B])[B])B([B])[B])B(B([B])[B])B([B])[B]. The monoisotopic (exact) mass is 1120 g/mol. The number of carbonyl (C=O) groups excluding carboxylic acids is 1. The molecule has 1 saturated heterocycles. The number of benzene rings is 1. The van der Waals surface area contributed by atoms with E-state index in [4.69, 9.17) is 317 Å². The summed E-state index contributed by atoms with van der Waals surface area (Å²) in [5, 5.41) is 6.56. The van der Waals surface area contributed by atoms with E-state index in [-0.39, 0.29) is 5.91 Å². The zero-order valence-electron chi connectivity index (χ0n) is 56.6. The van der Waals surface area contributed by atoms with E-state index < -0.39 is 249 Å². The van der Waals surface area contributed by atoms with Gasteiger partial charge in [0, 0.05) is 618 Å². The minimum Gasteiger partial charge on any atom is -0.336 e. The lowest BCUT2D eigenvalue weighted by Crippen LogP contribution is -2.99. The molecule has 3 rings (SSSR count). The molecule has 0 spiro atoms. The predicted molar refractivity (Wildman–Crippen MR) is 532 cm³/mol. The van der Waals surface area contributed by atoms with E-state index in [1.54, 1.807) is 0 Å². The highest BCUT2D eigenvalue weighted by molar-refractivity contribution is 8.41. The number of nitrogens with one attached hydrogen (secondary N) is 2. The van der Waals surface area contributed by atoms with Crippen LogP contribution in [0.3, 0.4) is 0 Å². The smallest absolute Gasteiger partial charge is 0.253 e. The normalized spacial score (nSPS) is 11.4. The number of carbonyl (C=O) groups is 1. The molecule has 1 aromatic rings. The average Bonchev–Trinajstić information content (AvgIpc) is 0.781. The molecule has 0 aliphatic carbocycles. The average molecular weight is 1110 g/mol. The van der Waals surface area contributed by atoms with Crippen LogP contribution in [0.2, 0.25) is 0 Å². The summed E-state index contributed by atoms with van der Waals surface area (Å²) in [6.45, 7) is 5.24. The molecule has 0 bridgehead atoms. The summed E-state index contributed by atoms with van der Waals surface area (Å²) in [7, 11) is 283. The molecule has 2 aliphatic heterocycles. The standard InChI is InChI=1S/C13H17N3O.B81/c17-13(16-5-3-14-4-6-16)10-1-2-11-8-15-9-12(11)7-10;1-42-63(43(2)3)73(62(40)41)78(72(60(36)37)61(38)39)81(79(74(64(44(4)5)45(6)7)65(46(8)9)47(10)11)75(66(48(12)13)49(14)15)67(50(16)17)51(18)19)80(76(68(52(20)21)53(22)23)69(54(24)25)55(26)27)77(70(56(28)29)57(30)31)71(58(32)33)59(34)35/h1-2,7,14-15H,3-6,8-9H2;. The number of hydrogen-bond acceptors (Lipinski definition) is 3. The Morgan fingerprint density at radius 1 is 0.276 bits per heavy atom. The second-order valence-electron chi connectivity index (χ2n) is 27.3. The van der Waals surface area contributed by atoms with Crippen molar-refractivity contribution in [2.24, 2.45) is 0 Å². The second-order valence-corrected chi connectivity index (χ2v) is 27.3. The third-order valence-corrected chi connectivity index (χ3v) is 20.6. The number of rotatable bonds is 40. The Hall–Kier alpha value is 3.87. The van der Waals surface area contributed by atoms with Gasteiger partial charge in [-0.25, -0.2) is 0 Å². The van der Waals surface area contributed by atoms with Gasteiger partial charge in [-0.1, -0.05) is 6.07 Å². The maximum Gasteiger partial charge on any atom is 0.253 e. The van der Waals surface area contributed by atoms with E-state index in [1.807, 2.05) is 17.0 Å². The molecular weight excluding hydrogens is 1090 g/mol. The molecule has 2 aliphatic rings. The van der Waals surface area contributed by atoms with Crippen LogP contribution in [0.4, 0.5) is 0 Å². The predicted octanol–water partition coefficient (Wildman–Crippen LogP) is -30.5. The van der Waals surface area contributed by atoms with Gasteiger partial charge in [-0.2, -0.15) is 0 Å². The third-order valence-electron chi connectivity index (χ3n) is 20.6. The second kappa shape index (κ2) is 46.0. The maximum atomic E-state index is 12.3. The van der Waals surface area contributed by atoms with Gasteiger partial charge >= 0.3 is 0 Å². The van der Waals surface area contributed by atoms with Gasteiger partial charge < -0.3 is 15.5 Å². The summed E-state index contributed by atoms with van der Waals surface area (Å²) < 4.78 is 0. The van der Waals surface area contributed by atoms with Crippen LogP contribution in [0.1, 0.15) is 21.5 Å². The molecule has 1 aromatic carbocycles. The summed E-state index contributed by atoms with van der Waals surface area (Å²) in [6.07, 6.45) is -65.3. The van der Waals surface area contributed by atoms with Crippen molar-refractivity contribution < 1.29 is 4.79 Å². The van der Waals surface area contributed by atoms with Crippen molar-refractivity contribution in [3.8, 4) is 0 Å². The summed E-state index contributed by atoms with van der Waals surface area (Å²) >= 11 is 0. The Morgan fingerprint density at radius 3 is 0.684 bits per heavy atom. The molecule has 1 amide bonds. The fourth-order valence-corrected chi connectivity index (χ4v) is 16.8. The highest BCUT2D eigenvalue weighted by Gasteiger charge is 2.66. The first-order valence-electron chi connectivity index (χ1n) is 32.8. The molecule has 2 heterocycles. The summed E-state index contributed by atoms with van der Waals surface area (Å²) in [4.78, 5) is 14.2. The Labute approximate surface area is 667 Å². The topological polar surface area (TPSA) is 44.4 Å².